The summed E-state index contributed by atoms with van der Waals surface area (Å²) >= 11 is 1.60. The first-order valence-corrected chi connectivity index (χ1v) is 15.6. The van der Waals surface area contributed by atoms with Crippen LogP contribution in [0.5, 0.6) is 0 Å². The molecule has 0 spiro atoms. The topological polar surface area (TPSA) is 87.7 Å². The van der Waals surface area contributed by atoms with Crippen LogP contribution in [-0.4, -0.2) is 53.0 Å². The number of aryl methyl sites for hydroxylation is 1. The minimum atomic E-state index is -0.838. The molecule has 0 aliphatic rings. The van der Waals surface area contributed by atoms with Gasteiger partial charge in [0.15, 0.2) is 0 Å². The Morgan fingerprint density at radius 1 is 1.00 bits per heavy atom. The van der Waals surface area contributed by atoms with Crippen LogP contribution in [0.15, 0.2) is 54.6 Å². The van der Waals surface area contributed by atoms with Crippen molar-refractivity contribution in [2.24, 2.45) is 0 Å². The van der Waals surface area contributed by atoms with E-state index in [4.69, 9.17) is 4.74 Å². The van der Waals surface area contributed by atoms with Gasteiger partial charge in [-0.25, -0.2) is 4.79 Å². The van der Waals surface area contributed by atoms with E-state index in [0.717, 1.165) is 42.4 Å². The summed E-state index contributed by atoms with van der Waals surface area (Å²) in [6, 6.07) is 15.8. The zero-order valence-corrected chi connectivity index (χ0v) is 25.8. The zero-order chi connectivity index (χ0) is 29.5. The molecular weight excluding hydrogens is 522 g/mol. The second-order valence-corrected chi connectivity index (χ2v) is 12.1. The van der Waals surface area contributed by atoms with Crippen molar-refractivity contribution in [2.75, 3.05) is 18.6 Å². The molecule has 2 atom stereocenters. The molecule has 0 bridgehead atoms. The van der Waals surface area contributed by atoms with E-state index in [1.807, 2.05) is 67.8 Å². The molecular formula is C32H47N3O4S. The smallest absolute Gasteiger partial charge is 0.408 e. The Kier molecular flexibility index (Phi) is 14.1. The Morgan fingerprint density at radius 3 is 2.35 bits per heavy atom. The molecule has 7 nitrogen and oxygen atoms in total. The van der Waals surface area contributed by atoms with E-state index < -0.39 is 23.8 Å². The molecule has 0 fully saturated rings. The van der Waals surface area contributed by atoms with Crippen molar-refractivity contribution in [3.8, 4) is 0 Å². The van der Waals surface area contributed by atoms with Crippen LogP contribution in [0.3, 0.4) is 0 Å². The summed E-state index contributed by atoms with van der Waals surface area (Å²) in [4.78, 5) is 42.6. The third-order valence-electron chi connectivity index (χ3n) is 6.36. The van der Waals surface area contributed by atoms with Crippen molar-refractivity contribution in [1.82, 2.24) is 15.5 Å². The average Bonchev–Trinajstić information content (AvgIpc) is 2.90. The van der Waals surface area contributed by atoms with Crippen LogP contribution in [-0.2, 0) is 20.9 Å². The maximum Gasteiger partial charge on any atom is 0.408 e. The molecule has 2 N–H and O–H groups in total. The highest BCUT2D eigenvalue weighted by atomic mass is 32.2. The molecule has 40 heavy (non-hydrogen) atoms. The Balaban J connectivity index is 2.45. The third kappa shape index (κ3) is 11.6. The van der Waals surface area contributed by atoms with Gasteiger partial charge in [-0.2, -0.15) is 11.8 Å². The molecule has 0 radical (unpaired) electrons. The molecule has 0 aliphatic carbocycles. The summed E-state index contributed by atoms with van der Waals surface area (Å²) < 4.78 is 5.48. The molecule has 3 amide bonds. The van der Waals surface area contributed by atoms with Crippen molar-refractivity contribution < 1.29 is 19.1 Å². The van der Waals surface area contributed by atoms with Gasteiger partial charge in [0.05, 0.1) is 0 Å². The number of benzene rings is 2. The van der Waals surface area contributed by atoms with Crippen LogP contribution in [0.25, 0.3) is 0 Å². The Morgan fingerprint density at radius 2 is 1.73 bits per heavy atom. The van der Waals surface area contributed by atoms with Crippen LogP contribution >= 0.6 is 11.8 Å². The molecule has 0 saturated carbocycles. The number of carbonyl (C=O) groups is 3. The number of alkyl carbamates (subject to hydrolysis) is 1. The number of hydrogen-bond acceptors (Lipinski definition) is 5. The first kappa shape index (κ1) is 33.2. The molecule has 2 aromatic carbocycles. The summed E-state index contributed by atoms with van der Waals surface area (Å²) in [5.74, 6) is 0.141. The van der Waals surface area contributed by atoms with Crippen molar-refractivity contribution in [3.05, 3.63) is 71.3 Å². The number of thioether (sulfide) groups is 1. The van der Waals surface area contributed by atoms with Crippen molar-refractivity contribution >= 4 is 29.7 Å². The second-order valence-electron chi connectivity index (χ2n) is 11.1. The number of ether oxygens (including phenoxy) is 1. The highest BCUT2D eigenvalue weighted by Crippen LogP contribution is 2.25. The standard InChI is InChI=1S/C32H47N3O4S/c1-7-8-9-13-20-35(30(37)27(19-21-40-6)34-31(38)39-32(3,4)5)28(26-18-14-15-24(2)22-26)29(36)33-23-25-16-11-10-12-17-25/h10-12,14-18,22,27-28H,7-9,13,19-21,23H2,1-6H3,(H,33,36)(H,34,38). The van der Waals surface area contributed by atoms with Crippen molar-refractivity contribution in [2.45, 2.75) is 91.0 Å². The molecule has 0 aliphatic heterocycles. The number of nitrogens with zero attached hydrogens (tertiary/aromatic N) is 1. The van der Waals surface area contributed by atoms with Gasteiger partial charge >= 0.3 is 6.09 Å². The molecule has 2 unspecified atom stereocenters. The van der Waals surface area contributed by atoms with Crippen LogP contribution < -0.4 is 10.6 Å². The van der Waals surface area contributed by atoms with Crippen LogP contribution in [0, 0.1) is 6.92 Å². The Bertz CT molecular complexity index is 1070. The molecule has 2 rings (SSSR count). The minimum absolute atomic E-state index is 0.251. The maximum atomic E-state index is 14.3. The van der Waals surface area contributed by atoms with E-state index >= 15 is 0 Å². The fourth-order valence-corrected chi connectivity index (χ4v) is 4.88. The summed E-state index contributed by atoms with van der Waals surface area (Å²) in [6.07, 6.45) is 5.56. The Hall–Kier alpha value is -3.00. The van der Waals surface area contributed by atoms with Gasteiger partial charge in [-0.15, -0.1) is 0 Å². The number of rotatable bonds is 15. The number of carbonyl (C=O) groups excluding carboxylic acids is 3. The number of amides is 3. The van der Waals surface area contributed by atoms with Gasteiger partial charge < -0.3 is 20.3 Å². The summed E-state index contributed by atoms with van der Waals surface area (Å²) in [5, 5.41) is 5.87. The average molecular weight is 570 g/mol. The van der Waals surface area contributed by atoms with E-state index in [0.29, 0.717) is 25.3 Å². The first-order chi connectivity index (χ1) is 19.1. The summed E-state index contributed by atoms with van der Waals surface area (Å²) in [7, 11) is 0. The lowest BCUT2D eigenvalue weighted by Crippen LogP contribution is -2.53. The molecule has 8 heteroatoms. The van der Waals surface area contributed by atoms with Crippen LogP contribution in [0.1, 0.15) is 82.5 Å². The van der Waals surface area contributed by atoms with E-state index in [-0.39, 0.29) is 11.8 Å². The van der Waals surface area contributed by atoms with Gasteiger partial charge in [0, 0.05) is 13.1 Å². The molecule has 220 valence electrons. The number of hydrogen-bond donors (Lipinski definition) is 2. The maximum absolute atomic E-state index is 14.3. The normalized spacial score (nSPS) is 12.8. The minimum Gasteiger partial charge on any atom is -0.444 e. The zero-order valence-electron chi connectivity index (χ0n) is 25.0. The lowest BCUT2D eigenvalue weighted by Gasteiger charge is -2.35. The van der Waals surface area contributed by atoms with E-state index in [9.17, 15) is 14.4 Å². The van der Waals surface area contributed by atoms with E-state index in [1.165, 1.54) is 0 Å². The van der Waals surface area contributed by atoms with Gasteiger partial charge in [-0.05, 0) is 63.7 Å². The van der Waals surface area contributed by atoms with Gasteiger partial charge in [0.25, 0.3) is 0 Å². The molecule has 0 aromatic heterocycles. The predicted octanol–water partition coefficient (Wildman–Crippen LogP) is 6.41. The highest BCUT2D eigenvalue weighted by molar-refractivity contribution is 7.98. The summed E-state index contributed by atoms with van der Waals surface area (Å²) in [6.45, 7) is 10.2. The molecule has 2 aromatic rings. The molecule has 0 heterocycles. The summed E-state index contributed by atoms with van der Waals surface area (Å²) in [5.41, 5.74) is 2.03. The van der Waals surface area contributed by atoms with Gasteiger partial charge in [-0.3, -0.25) is 9.59 Å². The lowest BCUT2D eigenvalue weighted by atomic mass is 9.99. The Labute approximate surface area is 244 Å². The quantitative estimate of drug-likeness (QED) is 0.242. The second kappa shape index (κ2) is 17.0. The van der Waals surface area contributed by atoms with Crippen LogP contribution in [0.2, 0.25) is 0 Å². The highest BCUT2D eigenvalue weighted by Gasteiger charge is 2.36. The van der Waals surface area contributed by atoms with Crippen LogP contribution in [0.4, 0.5) is 4.79 Å². The van der Waals surface area contributed by atoms with Gasteiger partial charge in [-0.1, -0.05) is 86.3 Å². The van der Waals surface area contributed by atoms with E-state index in [1.54, 1.807) is 37.4 Å². The lowest BCUT2D eigenvalue weighted by molar-refractivity contribution is -0.142. The SMILES string of the molecule is CCCCCCN(C(=O)C(CCSC)NC(=O)OC(C)(C)C)C(C(=O)NCc1ccccc1)c1cccc(C)c1. The van der Waals surface area contributed by atoms with Gasteiger partial charge in [0.2, 0.25) is 11.8 Å². The molecule has 0 saturated heterocycles. The van der Waals surface area contributed by atoms with E-state index in [2.05, 4.69) is 17.6 Å². The fraction of sp³-hybridized carbons (Fsp3) is 0.531. The fourth-order valence-electron chi connectivity index (χ4n) is 4.41. The first-order valence-electron chi connectivity index (χ1n) is 14.2. The van der Waals surface area contributed by atoms with Gasteiger partial charge in [0.1, 0.15) is 17.7 Å². The third-order valence-corrected chi connectivity index (χ3v) is 7.01. The predicted molar refractivity (Wildman–Crippen MR) is 164 cm³/mol. The number of nitrogens with one attached hydrogen (secondary N) is 2. The van der Waals surface area contributed by atoms with Crippen molar-refractivity contribution in [3.63, 3.8) is 0 Å². The largest absolute Gasteiger partial charge is 0.444 e. The monoisotopic (exact) mass is 569 g/mol. The number of unbranched alkanes of at least 4 members (excludes halogenated alkanes) is 3. The van der Waals surface area contributed by atoms with Crippen molar-refractivity contribution in [1.29, 1.82) is 0 Å².